The molecule has 0 aromatic heterocycles. The number of carbonyl (C=O) groups is 2. The first-order valence-corrected chi connectivity index (χ1v) is 6.51. The van der Waals surface area contributed by atoms with Gasteiger partial charge in [-0.3, -0.25) is 14.9 Å². The lowest BCUT2D eigenvalue weighted by Gasteiger charge is -2.16. The number of hydrogen-bond donors (Lipinski definition) is 2. The van der Waals surface area contributed by atoms with Gasteiger partial charge in [0.1, 0.15) is 11.6 Å². The van der Waals surface area contributed by atoms with E-state index >= 15 is 0 Å². The average Bonchev–Trinajstić information content (AvgIpc) is 2.36. The molecule has 2 N–H and O–H groups in total. The minimum Gasteiger partial charge on any atom is -0.480 e. The molecular weight excluding hydrogens is 276 g/mol. The predicted molar refractivity (Wildman–Crippen MR) is 76.2 cm³/mol. The summed E-state index contributed by atoms with van der Waals surface area (Å²) in [4.78, 5) is 33.6. The number of carbonyl (C=O) groups excluding carboxylic acids is 1. The van der Waals surface area contributed by atoms with Crippen LogP contribution in [0.1, 0.15) is 36.2 Å². The Balaban J connectivity index is 3.05. The zero-order chi connectivity index (χ0) is 16.2. The van der Waals surface area contributed by atoms with Crippen LogP contribution in [0.3, 0.4) is 0 Å². The van der Waals surface area contributed by atoms with Gasteiger partial charge in [-0.15, -0.1) is 0 Å². The van der Waals surface area contributed by atoms with E-state index in [1.807, 2.05) is 13.8 Å². The van der Waals surface area contributed by atoms with Crippen molar-refractivity contribution in [1.82, 2.24) is 5.32 Å². The summed E-state index contributed by atoms with van der Waals surface area (Å²) >= 11 is 0. The monoisotopic (exact) mass is 294 g/mol. The van der Waals surface area contributed by atoms with Gasteiger partial charge in [0, 0.05) is 6.07 Å². The summed E-state index contributed by atoms with van der Waals surface area (Å²) in [6, 6.07) is 3.07. The number of nitro benzene ring substituents is 1. The molecule has 0 aliphatic rings. The molecule has 0 saturated carbocycles. The Morgan fingerprint density at radius 3 is 2.48 bits per heavy atom. The van der Waals surface area contributed by atoms with Crippen molar-refractivity contribution < 1.29 is 19.6 Å². The number of hydrogen-bond acceptors (Lipinski definition) is 4. The Bertz CT molecular complexity index is 568. The summed E-state index contributed by atoms with van der Waals surface area (Å²) in [5, 5.41) is 22.4. The highest BCUT2D eigenvalue weighted by Gasteiger charge is 2.26. The largest absolute Gasteiger partial charge is 0.480 e. The van der Waals surface area contributed by atoms with Crippen LogP contribution in [0.5, 0.6) is 0 Å². The number of nitrogens with zero attached hydrogens (tertiary/aromatic N) is 1. The first-order valence-electron chi connectivity index (χ1n) is 6.51. The Morgan fingerprint density at radius 2 is 2.00 bits per heavy atom. The van der Waals surface area contributed by atoms with E-state index in [-0.39, 0.29) is 23.6 Å². The molecule has 1 atom stereocenters. The molecule has 0 saturated heterocycles. The SMILES string of the molecule is Cc1ccc([N+](=O)[O-])c(C(=O)N[C@@H](CC(C)C)C(=O)O)c1. The molecule has 0 heterocycles. The van der Waals surface area contributed by atoms with Gasteiger partial charge in [-0.2, -0.15) is 0 Å². The number of rotatable bonds is 6. The fourth-order valence-corrected chi connectivity index (χ4v) is 1.92. The Kier molecular flexibility index (Phi) is 5.40. The molecule has 1 aromatic carbocycles. The summed E-state index contributed by atoms with van der Waals surface area (Å²) in [6.45, 7) is 5.36. The molecule has 0 spiro atoms. The first kappa shape index (κ1) is 16.6. The molecule has 7 nitrogen and oxygen atoms in total. The number of aliphatic carboxylic acids is 1. The van der Waals surface area contributed by atoms with Crippen molar-refractivity contribution in [3.63, 3.8) is 0 Å². The second-order valence-corrected chi connectivity index (χ2v) is 5.27. The van der Waals surface area contributed by atoms with Crippen molar-refractivity contribution in [2.45, 2.75) is 33.2 Å². The van der Waals surface area contributed by atoms with Gasteiger partial charge in [0.2, 0.25) is 0 Å². The summed E-state index contributed by atoms with van der Waals surface area (Å²) in [6.07, 6.45) is 0.251. The molecular formula is C14H18N2O5. The van der Waals surface area contributed by atoms with Crippen molar-refractivity contribution >= 4 is 17.6 Å². The lowest BCUT2D eigenvalue weighted by atomic mass is 10.0. The third-order valence-corrected chi connectivity index (χ3v) is 2.90. The van der Waals surface area contributed by atoms with Crippen LogP contribution in [0, 0.1) is 23.0 Å². The normalized spacial score (nSPS) is 12.0. The van der Waals surface area contributed by atoms with Crippen LogP contribution in [0.25, 0.3) is 0 Å². The van der Waals surface area contributed by atoms with Gasteiger partial charge in [-0.25, -0.2) is 4.79 Å². The third kappa shape index (κ3) is 4.55. The highest BCUT2D eigenvalue weighted by molar-refractivity contribution is 6.00. The number of nitrogens with one attached hydrogen (secondary N) is 1. The molecule has 0 aliphatic heterocycles. The molecule has 0 aliphatic carbocycles. The van der Waals surface area contributed by atoms with Crippen LogP contribution in [0.2, 0.25) is 0 Å². The van der Waals surface area contributed by atoms with Crippen LogP contribution in [0.4, 0.5) is 5.69 Å². The summed E-state index contributed by atoms with van der Waals surface area (Å²) in [5.41, 5.74) is 0.211. The number of nitro groups is 1. The van der Waals surface area contributed by atoms with Crippen LogP contribution in [-0.4, -0.2) is 27.9 Å². The van der Waals surface area contributed by atoms with E-state index in [1.165, 1.54) is 18.2 Å². The molecule has 7 heteroatoms. The van der Waals surface area contributed by atoms with Gasteiger partial charge in [0.25, 0.3) is 11.6 Å². The van der Waals surface area contributed by atoms with Crippen molar-refractivity contribution in [3.8, 4) is 0 Å². The maximum atomic E-state index is 12.1. The van der Waals surface area contributed by atoms with E-state index in [0.29, 0.717) is 5.56 Å². The highest BCUT2D eigenvalue weighted by Crippen LogP contribution is 2.20. The zero-order valence-corrected chi connectivity index (χ0v) is 12.1. The maximum absolute atomic E-state index is 12.1. The van der Waals surface area contributed by atoms with Gasteiger partial charge < -0.3 is 10.4 Å². The molecule has 0 radical (unpaired) electrons. The molecule has 0 unspecified atom stereocenters. The van der Waals surface area contributed by atoms with E-state index in [2.05, 4.69) is 5.32 Å². The van der Waals surface area contributed by atoms with Crippen molar-refractivity contribution in [3.05, 3.63) is 39.4 Å². The van der Waals surface area contributed by atoms with E-state index in [4.69, 9.17) is 5.11 Å². The van der Waals surface area contributed by atoms with Gasteiger partial charge in [0.15, 0.2) is 0 Å². The lowest BCUT2D eigenvalue weighted by molar-refractivity contribution is -0.385. The fraction of sp³-hybridized carbons (Fsp3) is 0.429. The van der Waals surface area contributed by atoms with Crippen LogP contribution >= 0.6 is 0 Å². The highest BCUT2D eigenvalue weighted by atomic mass is 16.6. The number of carboxylic acids is 1. The summed E-state index contributed by atoms with van der Waals surface area (Å²) in [7, 11) is 0. The second kappa shape index (κ2) is 6.83. The Hall–Kier alpha value is -2.44. The van der Waals surface area contributed by atoms with Crippen LogP contribution in [-0.2, 0) is 4.79 Å². The Morgan fingerprint density at radius 1 is 1.38 bits per heavy atom. The number of carboxylic acid groups (broad SMARTS) is 1. The first-order chi connectivity index (χ1) is 9.72. The minimum atomic E-state index is -1.16. The molecule has 1 amide bonds. The van der Waals surface area contributed by atoms with Crippen LogP contribution in [0.15, 0.2) is 18.2 Å². The van der Waals surface area contributed by atoms with E-state index in [1.54, 1.807) is 6.92 Å². The van der Waals surface area contributed by atoms with E-state index < -0.39 is 22.8 Å². The fourth-order valence-electron chi connectivity index (χ4n) is 1.92. The molecule has 21 heavy (non-hydrogen) atoms. The second-order valence-electron chi connectivity index (χ2n) is 5.27. The van der Waals surface area contributed by atoms with Crippen molar-refractivity contribution in [2.75, 3.05) is 0 Å². The van der Waals surface area contributed by atoms with Crippen LogP contribution < -0.4 is 5.32 Å². The number of amides is 1. The smallest absolute Gasteiger partial charge is 0.326 e. The third-order valence-electron chi connectivity index (χ3n) is 2.90. The minimum absolute atomic E-state index is 0.0684. The van der Waals surface area contributed by atoms with E-state index in [0.717, 1.165) is 0 Å². The summed E-state index contributed by atoms with van der Waals surface area (Å²) < 4.78 is 0. The van der Waals surface area contributed by atoms with Crippen molar-refractivity contribution in [1.29, 1.82) is 0 Å². The topological polar surface area (TPSA) is 110 Å². The average molecular weight is 294 g/mol. The van der Waals surface area contributed by atoms with Gasteiger partial charge >= 0.3 is 5.97 Å². The van der Waals surface area contributed by atoms with Gasteiger partial charge in [-0.05, 0) is 30.9 Å². The standard InChI is InChI=1S/C14H18N2O5/c1-8(2)6-11(14(18)19)15-13(17)10-7-9(3)4-5-12(10)16(20)21/h4-5,7-8,11H,6H2,1-3H3,(H,15,17)(H,18,19)/t11-/m0/s1. The number of benzene rings is 1. The maximum Gasteiger partial charge on any atom is 0.326 e. The lowest BCUT2D eigenvalue weighted by Crippen LogP contribution is -2.41. The predicted octanol–water partition coefficient (Wildman–Crippen LogP) is 2.13. The quantitative estimate of drug-likeness (QED) is 0.617. The van der Waals surface area contributed by atoms with Gasteiger partial charge in [0.05, 0.1) is 4.92 Å². The molecule has 114 valence electrons. The summed E-state index contributed by atoms with van der Waals surface area (Å²) in [5.74, 6) is -1.84. The van der Waals surface area contributed by atoms with Crippen molar-refractivity contribution in [2.24, 2.45) is 5.92 Å². The molecule has 1 aromatic rings. The number of aryl methyl sites for hydroxylation is 1. The van der Waals surface area contributed by atoms with E-state index in [9.17, 15) is 19.7 Å². The zero-order valence-electron chi connectivity index (χ0n) is 12.1. The Labute approximate surface area is 122 Å². The molecule has 0 fully saturated rings. The van der Waals surface area contributed by atoms with Gasteiger partial charge in [-0.1, -0.05) is 19.9 Å². The molecule has 0 bridgehead atoms. The molecule has 1 rings (SSSR count).